The fraction of sp³-hybridized carbons (Fsp3) is 0.571. The number of thioether (sulfide) groups is 1. The first-order valence-electron chi connectivity index (χ1n) is 20.3. The van der Waals surface area contributed by atoms with Crippen molar-refractivity contribution in [2.24, 2.45) is 5.92 Å². The maximum Gasteiger partial charge on any atom is 0.355 e. The molecule has 0 saturated carbocycles. The minimum Gasteiger partial charge on any atom is -0.468 e. The number of hydrogen-bond acceptors (Lipinski definition) is 15. The molecule has 4 heterocycles. The molecule has 3 aliphatic heterocycles. The molecule has 0 bridgehead atoms. The summed E-state index contributed by atoms with van der Waals surface area (Å²) in [6, 6.07) is 8.51. The molecule has 63 heavy (non-hydrogen) atoms. The first-order chi connectivity index (χ1) is 30.0. The Morgan fingerprint density at radius 1 is 0.984 bits per heavy atom. The van der Waals surface area contributed by atoms with E-state index in [0.29, 0.717) is 6.79 Å². The van der Waals surface area contributed by atoms with Crippen LogP contribution in [0, 0.1) is 5.92 Å². The summed E-state index contributed by atoms with van der Waals surface area (Å²) < 4.78 is 40.9. The van der Waals surface area contributed by atoms with Crippen LogP contribution in [-0.2, 0) is 71.4 Å². The van der Waals surface area contributed by atoms with Crippen molar-refractivity contribution in [3.63, 3.8) is 0 Å². The molecule has 348 valence electrons. The highest BCUT2D eigenvalue weighted by molar-refractivity contribution is 8.00. The van der Waals surface area contributed by atoms with Crippen molar-refractivity contribution >= 4 is 104 Å². The zero-order valence-electron chi connectivity index (χ0n) is 35.7. The lowest BCUT2D eigenvalue weighted by atomic mass is 9.95. The van der Waals surface area contributed by atoms with E-state index >= 15 is 0 Å². The number of rotatable bonds is 21. The molecule has 1 saturated heterocycles. The van der Waals surface area contributed by atoms with Gasteiger partial charge >= 0.3 is 23.9 Å². The fourth-order valence-electron chi connectivity index (χ4n) is 6.82. The largest absolute Gasteiger partial charge is 0.468 e. The highest BCUT2D eigenvalue weighted by Gasteiger charge is 2.57. The number of alkyl halides is 3. The molecule has 0 spiro atoms. The number of unbranched alkanes of at least 4 members (excludes halogenated alkanes) is 5. The summed E-state index contributed by atoms with van der Waals surface area (Å²) in [6.45, 7) is 4.57. The predicted molar refractivity (Wildman–Crippen MR) is 241 cm³/mol. The molecule has 5 rings (SSSR count). The van der Waals surface area contributed by atoms with Crippen molar-refractivity contribution in [3.8, 4) is 11.5 Å². The van der Waals surface area contributed by atoms with Gasteiger partial charge in [-0.2, -0.15) is 0 Å². The number of methoxy groups -OCH3 is 2. The van der Waals surface area contributed by atoms with Gasteiger partial charge in [-0.15, -0.1) is 23.1 Å². The number of nitrogens with zero attached hydrogens (tertiary/aromatic N) is 1. The summed E-state index contributed by atoms with van der Waals surface area (Å²) >= 11 is 19.7. The highest BCUT2D eigenvalue weighted by Crippen LogP contribution is 2.47. The number of carbonyl (C=O) groups excluding carboxylic acids is 6. The molecule has 4 unspecified atom stereocenters. The van der Waals surface area contributed by atoms with Crippen LogP contribution in [0.5, 0.6) is 11.5 Å². The first-order valence-corrected chi connectivity index (χ1v) is 24.6. The Morgan fingerprint density at radius 3 is 2.30 bits per heavy atom. The molecule has 1 aromatic carbocycles. The van der Waals surface area contributed by atoms with Gasteiger partial charge in [-0.3, -0.25) is 33.1 Å². The number of ether oxygens (including phenoxy) is 6. The summed E-state index contributed by atoms with van der Waals surface area (Å²) in [5.74, 6) is -3.65. The molecule has 3 aliphatic rings. The van der Waals surface area contributed by atoms with E-state index in [2.05, 4.69) is 19.2 Å². The monoisotopic (exact) mass is 994 g/mol. The van der Waals surface area contributed by atoms with Crippen LogP contribution >= 0.6 is 57.9 Å². The molecule has 15 nitrogen and oxygen atoms in total. The molecular weight excluding hydrogens is 943 g/mol. The summed E-state index contributed by atoms with van der Waals surface area (Å²) in [5.41, 5.74) is 0.912. The third-order valence-electron chi connectivity index (χ3n) is 10.0. The SMILES string of the molecule is CCCCCCCCS(=O)C(C)Cc1ccc2c(c1)OCO2.COC(=O)C(CC1S[C@@H]2C(NC(=O)Cc3cccs3)C(=O)N2C(C(=O)OCC(Cl)(Cl)Cl)=C1COC(C)=O)C(=O)OC. The van der Waals surface area contributed by atoms with E-state index in [-0.39, 0.29) is 29.4 Å². The highest BCUT2D eigenvalue weighted by atomic mass is 35.6. The van der Waals surface area contributed by atoms with Crippen LogP contribution in [0.2, 0.25) is 0 Å². The number of esters is 4. The standard InChI is InChI=1S/C24H25Cl3N2O10S2.C18H28O3S/c1-11(30)38-9-14-15(8-13(21(33)36-2)22(34)37-3)41-20-17(28-16(31)7-12-5-4-6-40-12)19(32)29(20)18(14)23(35)39-10-24(25,26)27;1-3-4-5-6-7-8-11-22(19)15(2)12-16-9-10-17-18(13-16)21-14-20-17/h4-6,13,15,17,20H,7-10H2,1-3H3,(H,28,31);9-10,13,15H,3-8,11-12,14H2,1-2H3/t15?,17?,20-;/m1./s1. The van der Waals surface area contributed by atoms with Crippen molar-refractivity contribution < 1.29 is 61.4 Å². The molecule has 1 fully saturated rings. The second-order valence-electron chi connectivity index (χ2n) is 14.8. The number of β-lactam (4-membered cyclic amide) rings is 1. The predicted octanol–water partition coefficient (Wildman–Crippen LogP) is 6.60. The minimum atomic E-state index is -1.98. The maximum atomic E-state index is 13.3. The molecular formula is C42H53Cl3N2O13S3. The number of nitrogens with one attached hydrogen (secondary N) is 1. The first kappa shape index (κ1) is 52.1. The smallest absolute Gasteiger partial charge is 0.355 e. The number of carbonyl (C=O) groups is 6. The van der Waals surface area contributed by atoms with E-state index in [1.807, 2.05) is 23.6 Å². The van der Waals surface area contributed by atoms with E-state index in [0.717, 1.165) is 72.8 Å². The van der Waals surface area contributed by atoms with Crippen molar-refractivity contribution in [2.75, 3.05) is 40.0 Å². The van der Waals surface area contributed by atoms with Crippen LogP contribution in [0.1, 0.15) is 76.2 Å². The summed E-state index contributed by atoms with van der Waals surface area (Å²) in [5, 5.41) is 2.93. The second kappa shape index (κ2) is 25.2. The third-order valence-corrected chi connectivity index (χ3v) is 14.6. The molecule has 1 N–H and O–H groups in total. The average Bonchev–Trinajstić information content (AvgIpc) is 3.95. The van der Waals surface area contributed by atoms with Crippen LogP contribution in [0.3, 0.4) is 0 Å². The quantitative estimate of drug-likeness (QED) is 0.0352. The molecule has 21 heteroatoms. The average molecular weight is 996 g/mol. The number of thiophene rings is 1. The maximum absolute atomic E-state index is 13.3. The number of benzene rings is 1. The number of halogens is 3. The van der Waals surface area contributed by atoms with Crippen LogP contribution in [0.4, 0.5) is 0 Å². The minimum absolute atomic E-state index is 0.0285. The van der Waals surface area contributed by atoms with Gasteiger partial charge < -0.3 is 33.7 Å². The summed E-state index contributed by atoms with van der Waals surface area (Å²) in [6.07, 6.45) is 8.08. The Labute approximate surface area is 392 Å². The molecule has 1 aromatic heterocycles. The van der Waals surface area contributed by atoms with Crippen molar-refractivity contribution in [3.05, 3.63) is 57.4 Å². The van der Waals surface area contributed by atoms with Crippen LogP contribution in [-0.4, -0.2) is 110 Å². The van der Waals surface area contributed by atoms with Crippen molar-refractivity contribution in [1.29, 1.82) is 0 Å². The fourth-order valence-corrected chi connectivity index (χ4v) is 10.6. The van der Waals surface area contributed by atoms with E-state index in [1.165, 1.54) is 49.0 Å². The van der Waals surface area contributed by atoms with Gasteiger partial charge in [0, 0.05) is 44.4 Å². The lowest BCUT2D eigenvalue weighted by molar-refractivity contribution is -0.159. The Hall–Kier alpha value is -3.55. The van der Waals surface area contributed by atoms with E-state index < -0.39 is 86.1 Å². The number of fused-ring (bicyclic) bond motifs is 2. The molecule has 2 aromatic rings. The van der Waals surface area contributed by atoms with Gasteiger partial charge in [-0.1, -0.05) is 92.9 Å². The van der Waals surface area contributed by atoms with Crippen LogP contribution in [0.25, 0.3) is 0 Å². The Bertz CT molecular complexity index is 1960. The lowest BCUT2D eigenvalue weighted by Crippen LogP contribution is -2.71. The Kier molecular flexibility index (Phi) is 20.9. The number of hydrogen-bond donors (Lipinski definition) is 1. The Balaban J connectivity index is 0.000000332. The zero-order chi connectivity index (χ0) is 46.3. The van der Waals surface area contributed by atoms with E-state index in [1.54, 1.807) is 12.1 Å². The molecule has 0 radical (unpaired) electrons. The van der Waals surface area contributed by atoms with Gasteiger partial charge in [-0.05, 0) is 48.4 Å². The zero-order valence-corrected chi connectivity index (χ0v) is 40.4. The van der Waals surface area contributed by atoms with Gasteiger partial charge in [0.1, 0.15) is 30.3 Å². The van der Waals surface area contributed by atoms with Gasteiger partial charge in [0.15, 0.2) is 17.4 Å². The van der Waals surface area contributed by atoms with Crippen LogP contribution in [0.15, 0.2) is 47.0 Å². The van der Waals surface area contributed by atoms with Crippen molar-refractivity contribution in [1.82, 2.24) is 10.2 Å². The molecule has 2 amide bonds. The molecule has 0 aliphatic carbocycles. The molecule has 5 atom stereocenters. The number of amides is 2. The van der Waals surface area contributed by atoms with Gasteiger partial charge in [0.05, 0.1) is 20.6 Å². The Morgan fingerprint density at radius 2 is 1.67 bits per heavy atom. The van der Waals surface area contributed by atoms with Crippen molar-refractivity contribution in [2.45, 2.75) is 104 Å². The van der Waals surface area contributed by atoms with Gasteiger partial charge in [-0.25, -0.2) is 4.79 Å². The van der Waals surface area contributed by atoms with E-state index in [9.17, 15) is 33.0 Å². The normalized spacial score (nSPS) is 18.6. The van der Waals surface area contributed by atoms with Gasteiger partial charge in [0.25, 0.3) is 5.91 Å². The van der Waals surface area contributed by atoms with Crippen LogP contribution < -0.4 is 14.8 Å². The summed E-state index contributed by atoms with van der Waals surface area (Å²) in [7, 11) is 1.44. The second-order valence-corrected chi connectivity index (χ2v) is 21.6. The third kappa shape index (κ3) is 15.5. The van der Waals surface area contributed by atoms with E-state index in [4.69, 9.17) is 63.2 Å². The van der Waals surface area contributed by atoms with Gasteiger partial charge in [0.2, 0.25) is 16.5 Å². The summed E-state index contributed by atoms with van der Waals surface area (Å²) in [4.78, 5) is 77.8. The topological polar surface area (TPSA) is 190 Å². The lowest BCUT2D eigenvalue weighted by Gasteiger charge is -2.51.